The van der Waals surface area contributed by atoms with Crippen LogP contribution in [0.4, 0.5) is 0 Å². The van der Waals surface area contributed by atoms with Gasteiger partial charge in [-0.2, -0.15) is 0 Å². The van der Waals surface area contributed by atoms with Crippen molar-refractivity contribution in [3.8, 4) is 11.3 Å². The number of aryl methyl sites for hydroxylation is 2. The zero-order chi connectivity index (χ0) is 13.4. The number of fused-ring (bicyclic) bond motifs is 1. The van der Waals surface area contributed by atoms with Gasteiger partial charge in [0.25, 0.3) is 0 Å². The van der Waals surface area contributed by atoms with Crippen molar-refractivity contribution in [2.75, 3.05) is 6.54 Å². The van der Waals surface area contributed by atoms with E-state index in [4.69, 9.17) is 5.73 Å². The van der Waals surface area contributed by atoms with Crippen LogP contribution in [0.2, 0.25) is 0 Å². The van der Waals surface area contributed by atoms with Gasteiger partial charge >= 0.3 is 0 Å². The van der Waals surface area contributed by atoms with E-state index in [1.54, 1.807) is 11.3 Å². The SMILES string of the molecule is Cc1ccc(-c2csc3ncc(CCN)n23)cc1C. The highest BCUT2D eigenvalue weighted by atomic mass is 32.1. The number of hydrogen-bond donors (Lipinski definition) is 1. The number of nitrogens with zero attached hydrogens (tertiary/aromatic N) is 2. The van der Waals surface area contributed by atoms with Crippen LogP contribution in [0, 0.1) is 13.8 Å². The van der Waals surface area contributed by atoms with Crippen LogP contribution in [0.5, 0.6) is 0 Å². The van der Waals surface area contributed by atoms with Gasteiger partial charge in [-0.25, -0.2) is 4.98 Å². The second kappa shape index (κ2) is 4.79. The summed E-state index contributed by atoms with van der Waals surface area (Å²) in [6, 6.07) is 6.59. The molecule has 19 heavy (non-hydrogen) atoms. The molecule has 1 aromatic carbocycles. The molecule has 3 nitrogen and oxygen atoms in total. The number of imidazole rings is 1. The van der Waals surface area contributed by atoms with Crippen molar-refractivity contribution >= 4 is 16.3 Å². The minimum Gasteiger partial charge on any atom is -0.330 e. The zero-order valence-corrected chi connectivity index (χ0v) is 12.0. The van der Waals surface area contributed by atoms with Crippen molar-refractivity contribution < 1.29 is 0 Å². The summed E-state index contributed by atoms with van der Waals surface area (Å²) < 4.78 is 2.22. The third-order valence-electron chi connectivity index (χ3n) is 3.52. The first-order valence-electron chi connectivity index (χ1n) is 6.42. The summed E-state index contributed by atoms with van der Waals surface area (Å²) in [7, 11) is 0. The molecule has 2 heterocycles. The Morgan fingerprint density at radius 2 is 2.11 bits per heavy atom. The Hall–Kier alpha value is -1.65. The molecule has 0 atom stereocenters. The van der Waals surface area contributed by atoms with Crippen LogP contribution in [0.15, 0.2) is 29.8 Å². The van der Waals surface area contributed by atoms with Gasteiger partial charge in [-0.3, -0.25) is 4.40 Å². The summed E-state index contributed by atoms with van der Waals surface area (Å²) in [5.74, 6) is 0. The molecule has 0 bridgehead atoms. The molecule has 4 heteroatoms. The van der Waals surface area contributed by atoms with Crippen LogP contribution in [-0.4, -0.2) is 15.9 Å². The molecule has 2 aromatic heterocycles. The van der Waals surface area contributed by atoms with E-state index >= 15 is 0 Å². The Morgan fingerprint density at radius 3 is 2.84 bits per heavy atom. The van der Waals surface area contributed by atoms with E-state index in [2.05, 4.69) is 46.8 Å². The van der Waals surface area contributed by atoms with Gasteiger partial charge in [0.1, 0.15) is 0 Å². The van der Waals surface area contributed by atoms with Gasteiger partial charge in [0.15, 0.2) is 4.96 Å². The fraction of sp³-hybridized carbons (Fsp3) is 0.267. The highest BCUT2D eigenvalue weighted by Crippen LogP contribution is 2.28. The van der Waals surface area contributed by atoms with Crippen molar-refractivity contribution in [3.05, 3.63) is 46.6 Å². The topological polar surface area (TPSA) is 43.3 Å². The predicted octanol–water partition coefficient (Wildman–Crippen LogP) is 3.18. The Kier molecular flexibility index (Phi) is 3.12. The molecular weight excluding hydrogens is 254 g/mol. The zero-order valence-electron chi connectivity index (χ0n) is 11.2. The summed E-state index contributed by atoms with van der Waals surface area (Å²) in [6.07, 6.45) is 2.79. The molecule has 0 aliphatic carbocycles. The molecule has 0 radical (unpaired) electrons. The molecule has 0 unspecified atom stereocenters. The lowest BCUT2D eigenvalue weighted by atomic mass is 10.0. The predicted molar refractivity (Wildman–Crippen MR) is 80.7 cm³/mol. The molecule has 0 saturated heterocycles. The Balaban J connectivity index is 2.18. The Morgan fingerprint density at radius 1 is 1.26 bits per heavy atom. The van der Waals surface area contributed by atoms with Crippen molar-refractivity contribution in [3.63, 3.8) is 0 Å². The monoisotopic (exact) mass is 271 g/mol. The second-order valence-corrected chi connectivity index (χ2v) is 5.66. The highest BCUT2D eigenvalue weighted by Gasteiger charge is 2.11. The van der Waals surface area contributed by atoms with Gasteiger partial charge in [-0.1, -0.05) is 12.1 Å². The summed E-state index contributed by atoms with van der Waals surface area (Å²) in [6.45, 7) is 4.94. The molecule has 3 aromatic rings. The summed E-state index contributed by atoms with van der Waals surface area (Å²) in [5, 5.41) is 2.17. The van der Waals surface area contributed by atoms with Crippen LogP contribution in [0.1, 0.15) is 16.8 Å². The molecular formula is C15H17N3S. The number of nitrogens with two attached hydrogens (primary N) is 1. The smallest absolute Gasteiger partial charge is 0.194 e. The number of aromatic nitrogens is 2. The van der Waals surface area contributed by atoms with E-state index in [9.17, 15) is 0 Å². The first kappa shape index (κ1) is 12.4. The number of hydrogen-bond acceptors (Lipinski definition) is 3. The normalized spacial score (nSPS) is 11.3. The molecule has 3 rings (SSSR count). The summed E-state index contributed by atoms with van der Waals surface area (Å²) >= 11 is 1.68. The number of rotatable bonds is 3. The maximum Gasteiger partial charge on any atom is 0.194 e. The first-order valence-corrected chi connectivity index (χ1v) is 7.30. The maximum absolute atomic E-state index is 5.67. The molecule has 0 aliphatic heterocycles. The molecule has 98 valence electrons. The van der Waals surface area contributed by atoms with Crippen molar-refractivity contribution in [2.45, 2.75) is 20.3 Å². The van der Waals surface area contributed by atoms with E-state index in [0.29, 0.717) is 6.54 Å². The Labute approximate surface area is 116 Å². The van der Waals surface area contributed by atoms with Crippen LogP contribution in [-0.2, 0) is 6.42 Å². The molecule has 0 amide bonds. The van der Waals surface area contributed by atoms with Gasteiger partial charge < -0.3 is 5.73 Å². The van der Waals surface area contributed by atoms with E-state index in [-0.39, 0.29) is 0 Å². The maximum atomic E-state index is 5.67. The lowest BCUT2D eigenvalue weighted by Gasteiger charge is -2.06. The Bertz CT molecular complexity index is 724. The van der Waals surface area contributed by atoms with Gasteiger partial charge in [0.2, 0.25) is 0 Å². The van der Waals surface area contributed by atoms with Gasteiger partial charge in [-0.15, -0.1) is 11.3 Å². The third-order valence-corrected chi connectivity index (χ3v) is 4.36. The quantitative estimate of drug-likeness (QED) is 0.795. The number of benzene rings is 1. The first-order chi connectivity index (χ1) is 9.20. The van der Waals surface area contributed by atoms with Crippen molar-refractivity contribution in [1.29, 1.82) is 0 Å². The summed E-state index contributed by atoms with van der Waals surface area (Å²) in [5.41, 5.74) is 12.0. The molecule has 0 aliphatic rings. The fourth-order valence-electron chi connectivity index (χ4n) is 2.29. The van der Waals surface area contributed by atoms with E-state index in [0.717, 1.165) is 11.4 Å². The molecule has 0 saturated carbocycles. The molecule has 0 spiro atoms. The van der Waals surface area contributed by atoms with Crippen LogP contribution in [0.3, 0.4) is 0 Å². The number of thiazole rings is 1. The van der Waals surface area contributed by atoms with Crippen molar-refractivity contribution in [2.24, 2.45) is 5.73 Å². The second-order valence-electron chi connectivity index (χ2n) is 4.83. The summed E-state index contributed by atoms with van der Waals surface area (Å²) in [4.78, 5) is 5.49. The minimum atomic E-state index is 0.649. The van der Waals surface area contributed by atoms with Crippen molar-refractivity contribution in [1.82, 2.24) is 9.38 Å². The van der Waals surface area contributed by atoms with Crippen LogP contribution in [0.25, 0.3) is 16.2 Å². The van der Waals surface area contributed by atoms with E-state index in [1.807, 2.05) is 6.20 Å². The largest absolute Gasteiger partial charge is 0.330 e. The molecule has 0 fully saturated rings. The van der Waals surface area contributed by atoms with Gasteiger partial charge in [0.05, 0.1) is 11.9 Å². The van der Waals surface area contributed by atoms with Gasteiger partial charge in [0, 0.05) is 17.5 Å². The van der Waals surface area contributed by atoms with E-state index < -0.39 is 0 Å². The van der Waals surface area contributed by atoms with Crippen LogP contribution < -0.4 is 5.73 Å². The minimum absolute atomic E-state index is 0.649. The highest BCUT2D eigenvalue weighted by molar-refractivity contribution is 7.15. The standard InChI is InChI=1S/C15H17N3S/c1-10-3-4-12(7-11(10)2)14-9-19-15-17-8-13(5-6-16)18(14)15/h3-4,7-9H,5-6,16H2,1-2H3. The fourth-order valence-corrected chi connectivity index (χ4v) is 3.19. The average molecular weight is 271 g/mol. The van der Waals surface area contributed by atoms with E-state index in [1.165, 1.54) is 28.1 Å². The lowest BCUT2D eigenvalue weighted by molar-refractivity contribution is 0.911. The van der Waals surface area contributed by atoms with Gasteiger partial charge in [-0.05, 0) is 43.1 Å². The third kappa shape index (κ3) is 2.07. The average Bonchev–Trinajstić information content (AvgIpc) is 2.96. The van der Waals surface area contributed by atoms with Crippen LogP contribution >= 0.6 is 11.3 Å². The molecule has 2 N–H and O–H groups in total. The lowest BCUT2D eigenvalue weighted by Crippen LogP contribution is -2.05.